The maximum atomic E-state index is 11.9. The normalized spacial score (nSPS) is 10.9. The van der Waals surface area contributed by atoms with Crippen LogP contribution in [0.15, 0.2) is 4.79 Å². The van der Waals surface area contributed by atoms with Gasteiger partial charge in [-0.2, -0.15) is 5.10 Å². The maximum absolute atomic E-state index is 11.9. The first kappa shape index (κ1) is 13.3. The molecule has 0 aromatic carbocycles. The second kappa shape index (κ2) is 4.83. The molecular weight excluding hydrogens is 343 g/mol. The molecule has 0 unspecified atom stereocenters. The summed E-state index contributed by atoms with van der Waals surface area (Å²) >= 11 is 2.04. The summed E-state index contributed by atoms with van der Waals surface area (Å²) in [6.07, 6.45) is 0.744. The van der Waals surface area contributed by atoms with Crippen molar-refractivity contribution in [3.05, 3.63) is 31.0 Å². The molecule has 0 fully saturated rings. The molecular formula is C12H15IN4O. The molecule has 2 aromatic rings. The first-order valence-electron chi connectivity index (χ1n) is 5.75. The molecule has 2 heterocycles. The van der Waals surface area contributed by atoms with Crippen molar-refractivity contribution in [3.63, 3.8) is 0 Å². The Morgan fingerprint density at radius 1 is 1.39 bits per heavy atom. The van der Waals surface area contributed by atoms with Gasteiger partial charge in [-0.05, 0) is 42.9 Å². The van der Waals surface area contributed by atoms with Crippen molar-refractivity contribution in [2.75, 3.05) is 0 Å². The van der Waals surface area contributed by atoms with Gasteiger partial charge in [0.15, 0.2) is 0 Å². The number of aromatic nitrogens is 4. The summed E-state index contributed by atoms with van der Waals surface area (Å²) in [4.78, 5) is 19.3. The van der Waals surface area contributed by atoms with Gasteiger partial charge < -0.3 is 4.98 Å². The van der Waals surface area contributed by atoms with E-state index in [9.17, 15) is 4.79 Å². The number of H-pyrrole nitrogens is 1. The van der Waals surface area contributed by atoms with Crippen LogP contribution in [0.4, 0.5) is 0 Å². The molecule has 0 aliphatic heterocycles. The van der Waals surface area contributed by atoms with E-state index in [0.29, 0.717) is 9.39 Å². The van der Waals surface area contributed by atoms with Crippen molar-refractivity contribution in [1.29, 1.82) is 0 Å². The third-order valence-electron chi connectivity index (χ3n) is 3.01. The molecule has 0 atom stereocenters. The molecule has 2 aromatic heterocycles. The largest absolute Gasteiger partial charge is 0.305 e. The van der Waals surface area contributed by atoms with E-state index in [0.717, 1.165) is 29.1 Å². The molecule has 5 nitrogen and oxygen atoms in total. The summed E-state index contributed by atoms with van der Waals surface area (Å²) in [5.74, 6) is 0.611. The summed E-state index contributed by atoms with van der Waals surface area (Å²) in [6.45, 7) is 5.89. The molecule has 0 bridgehead atoms. The van der Waals surface area contributed by atoms with Crippen LogP contribution in [0.3, 0.4) is 0 Å². The Morgan fingerprint density at radius 3 is 2.56 bits per heavy atom. The van der Waals surface area contributed by atoms with Gasteiger partial charge in [-0.15, -0.1) is 0 Å². The first-order valence-corrected chi connectivity index (χ1v) is 6.82. The number of hydrogen-bond acceptors (Lipinski definition) is 3. The van der Waals surface area contributed by atoms with E-state index in [4.69, 9.17) is 0 Å². The van der Waals surface area contributed by atoms with E-state index < -0.39 is 0 Å². The van der Waals surface area contributed by atoms with Gasteiger partial charge >= 0.3 is 0 Å². The van der Waals surface area contributed by atoms with Crippen LogP contribution in [-0.4, -0.2) is 19.7 Å². The number of aromatic amines is 1. The first-order chi connectivity index (χ1) is 8.45. The SMILES string of the molecule is CCc1nc(-c2c(C)nn(C)c2C)[nH]c(=O)c1I. The molecule has 0 saturated heterocycles. The molecule has 0 aliphatic rings. The molecule has 1 N–H and O–H groups in total. The standard InChI is InChI=1S/C12H15IN4O/c1-5-8-10(13)12(18)15-11(14-8)9-6(2)16-17(4)7(9)3/h5H2,1-4H3,(H,14,15,18). The van der Waals surface area contributed by atoms with Crippen molar-refractivity contribution in [2.45, 2.75) is 27.2 Å². The maximum Gasteiger partial charge on any atom is 0.264 e. The highest BCUT2D eigenvalue weighted by Crippen LogP contribution is 2.23. The number of hydrogen-bond donors (Lipinski definition) is 1. The fourth-order valence-corrected chi connectivity index (χ4v) is 2.61. The third kappa shape index (κ3) is 2.09. The molecule has 0 amide bonds. The van der Waals surface area contributed by atoms with Crippen molar-refractivity contribution in [1.82, 2.24) is 19.7 Å². The lowest BCUT2D eigenvalue weighted by molar-refractivity contribution is 0.731. The Balaban J connectivity index is 2.72. The number of nitrogens with zero attached hydrogens (tertiary/aromatic N) is 3. The highest BCUT2D eigenvalue weighted by Gasteiger charge is 2.16. The topological polar surface area (TPSA) is 63.6 Å². The zero-order chi connectivity index (χ0) is 13.4. The molecule has 0 saturated carbocycles. The fraction of sp³-hybridized carbons (Fsp3) is 0.417. The molecule has 0 spiro atoms. The third-order valence-corrected chi connectivity index (χ3v) is 4.12. The summed E-state index contributed by atoms with van der Waals surface area (Å²) < 4.78 is 2.46. The quantitative estimate of drug-likeness (QED) is 0.835. The summed E-state index contributed by atoms with van der Waals surface area (Å²) in [5.41, 5.74) is 3.54. The monoisotopic (exact) mass is 358 g/mol. The van der Waals surface area contributed by atoms with Crippen molar-refractivity contribution in [3.8, 4) is 11.4 Å². The zero-order valence-corrected chi connectivity index (χ0v) is 13.0. The number of halogens is 1. The van der Waals surface area contributed by atoms with Crippen LogP contribution in [-0.2, 0) is 13.5 Å². The van der Waals surface area contributed by atoms with Crippen molar-refractivity contribution in [2.24, 2.45) is 7.05 Å². The number of aryl methyl sites for hydroxylation is 3. The minimum absolute atomic E-state index is 0.0832. The number of rotatable bonds is 2. The Morgan fingerprint density at radius 2 is 2.06 bits per heavy atom. The minimum Gasteiger partial charge on any atom is -0.305 e. The van der Waals surface area contributed by atoms with Crippen LogP contribution >= 0.6 is 22.6 Å². The van der Waals surface area contributed by atoms with E-state index in [1.807, 2.05) is 50.4 Å². The van der Waals surface area contributed by atoms with Gasteiger partial charge in [-0.3, -0.25) is 9.48 Å². The van der Waals surface area contributed by atoms with Gasteiger partial charge in [0, 0.05) is 12.7 Å². The molecule has 2 rings (SSSR count). The molecule has 18 heavy (non-hydrogen) atoms. The molecule has 0 aliphatic carbocycles. The predicted molar refractivity (Wildman–Crippen MR) is 78.6 cm³/mol. The number of nitrogens with one attached hydrogen (secondary N) is 1. The summed E-state index contributed by atoms with van der Waals surface area (Å²) in [5, 5.41) is 4.35. The second-order valence-electron chi connectivity index (χ2n) is 4.20. The van der Waals surface area contributed by atoms with Crippen LogP contribution in [0.25, 0.3) is 11.4 Å². The van der Waals surface area contributed by atoms with Crippen LogP contribution in [0.2, 0.25) is 0 Å². The Bertz CT molecular complexity index is 657. The van der Waals surface area contributed by atoms with Crippen LogP contribution < -0.4 is 5.56 Å². The molecule has 96 valence electrons. The van der Waals surface area contributed by atoms with E-state index in [1.165, 1.54) is 0 Å². The van der Waals surface area contributed by atoms with Gasteiger partial charge in [-0.25, -0.2) is 4.98 Å². The van der Waals surface area contributed by atoms with Crippen LogP contribution in [0.1, 0.15) is 24.0 Å². The van der Waals surface area contributed by atoms with Gasteiger partial charge in [0.1, 0.15) is 5.82 Å². The van der Waals surface area contributed by atoms with E-state index >= 15 is 0 Å². The van der Waals surface area contributed by atoms with E-state index in [2.05, 4.69) is 15.1 Å². The lowest BCUT2D eigenvalue weighted by Crippen LogP contribution is -2.16. The Labute approximate surface area is 119 Å². The van der Waals surface area contributed by atoms with Gasteiger partial charge in [-0.1, -0.05) is 6.92 Å². The summed E-state index contributed by atoms with van der Waals surface area (Å²) in [7, 11) is 1.89. The van der Waals surface area contributed by atoms with Gasteiger partial charge in [0.05, 0.1) is 20.5 Å². The van der Waals surface area contributed by atoms with Crippen LogP contribution in [0, 0.1) is 17.4 Å². The average Bonchev–Trinajstić information content (AvgIpc) is 2.57. The predicted octanol–water partition coefficient (Wildman–Crippen LogP) is 1.95. The second-order valence-corrected chi connectivity index (χ2v) is 5.28. The fourth-order valence-electron chi connectivity index (χ4n) is 1.97. The van der Waals surface area contributed by atoms with E-state index in [1.54, 1.807) is 4.68 Å². The van der Waals surface area contributed by atoms with Crippen LogP contribution in [0.5, 0.6) is 0 Å². The zero-order valence-electron chi connectivity index (χ0n) is 10.8. The minimum atomic E-state index is -0.0832. The van der Waals surface area contributed by atoms with Crippen molar-refractivity contribution < 1.29 is 0 Å². The average molecular weight is 358 g/mol. The lowest BCUT2D eigenvalue weighted by Gasteiger charge is -2.05. The van der Waals surface area contributed by atoms with Crippen molar-refractivity contribution >= 4 is 22.6 Å². The highest BCUT2D eigenvalue weighted by atomic mass is 127. The van der Waals surface area contributed by atoms with E-state index in [-0.39, 0.29) is 5.56 Å². The lowest BCUT2D eigenvalue weighted by atomic mass is 10.2. The summed E-state index contributed by atoms with van der Waals surface area (Å²) in [6, 6.07) is 0. The Hall–Kier alpha value is -1.18. The van der Waals surface area contributed by atoms with Gasteiger partial charge in [0.2, 0.25) is 0 Å². The Kier molecular flexibility index (Phi) is 3.56. The molecule has 6 heteroatoms. The molecule has 0 radical (unpaired) electrons. The smallest absolute Gasteiger partial charge is 0.264 e. The van der Waals surface area contributed by atoms with Gasteiger partial charge in [0.25, 0.3) is 5.56 Å². The highest BCUT2D eigenvalue weighted by molar-refractivity contribution is 14.1.